The molecular formula is C11H24F3IN4O. The molecule has 122 valence electrons. The molecule has 0 aromatic heterocycles. The van der Waals surface area contributed by atoms with Gasteiger partial charge in [-0.1, -0.05) is 0 Å². The lowest BCUT2D eigenvalue weighted by molar-refractivity contribution is -0.142. The van der Waals surface area contributed by atoms with E-state index in [0.29, 0.717) is 32.2 Å². The Morgan fingerprint density at radius 3 is 2.45 bits per heavy atom. The standard InChI is InChI=1S/C11H23F3N4O.HI/c1-4-15-10(17-6-8-19-3)16-5-7-18(2)9-11(12,13)14;/h4-9H2,1-3H3,(H2,15,16,17);1H. The maximum absolute atomic E-state index is 12.1. The molecule has 0 fully saturated rings. The molecule has 0 amide bonds. The van der Waals surface area contributed by atoms with Gasteiger partial charge in [-0.05, 0) is 14.0 Å². The van der Waals surface area contributed by atoms with Crippen molar-refractivity contribution in [3.05, 3.63) is 0 Å². The smallest absolute Gasteiger partial charge is 0.383 e. The molecule has 2 N–H and O–H groups in total. The van der Waals surface area contributed by atoms with Gasteiger partial charge < -0.3 is 15.4 Å². The van der Waals surface area contributed by atoms with Crippen LogP contribution in [-0.2, 0) is 4.74 Å². The summed E-state index contributed by atoms with van der Waals surface area (Å²) < 4.78 is 41.2. The van der Waals surface area contributed by atoms with Crippen molar-refractivity contribution in [2.75, 3.05) is 53.5 Å². The van der Waals surface area contributed by atoms with Crippen LogP contribution in [0.3, 0.4) is 0 Å². The van der Waals surface area contributed by atoms with E-state index < -0.39 is 12.7 Å². The molecule has 0 heterocycles. The lowest BCUT2D eigenvalue weighted by atomic mass is 10.5. The third-order valence-corrected chi connectivity index (χ3v) is 2.14. The SMILES string of the molecule is CCNC(=NCCN(C)CC(F)(F)F)NCCOC.I. The van der Waals surface area contributed by atoms with Crippen LogP contribution >= 0.6 is 24.0 Å². The van der Waals surface area contributed by atoms with Crippen LogP contribution in [0.2, 0.25) is 0 Å². The summed E-state index contributed by atoms with van der Waals surface area (Å²) in [5.41, 5.74) is 0. The Balaban J connectivity index is 0. The van der Waals surface area contributed by atoms with Crippen molar-refractivity contribution in [2.24, 2.45) is 4.99 Å². The van der Waals surface area contributed by atoms with E-state index in [1.54, 1.807) is 7.11 Å². The molecule has 0 saturated carbocycles. The Kier molecular flexibility index (Phi) is 13.7. The highest BCUT2D eigenvalue weighted by Crippen LogP contribution is 2.15. The Labute approximate surface area is 135 Å². The number of alkyl halides is 3. The molecule has 0 bridgehead atoms. The molecule has 0 aliphatic carbocycles. The number of rotatable bonds is 8. The molecule has 5 nitrogen and oxygen atoms in total. The lowest BCUT2D eigenvalue weighted by Gasteiger charge is -2.17. The van der Waals surface area contributed by atoms with Crippen LogP contribution in [0.5, 0.6) is 0 Å². The molecule has 0 aliphatic rings. The van der Waals surface area contributed by atoms with E-state index in [4.69, 9.17) is 4.74 Å². The van der Waals surface area contributed by atoms with Crippen LogP contribution < -0.4 is 10.6 Å². The van der Waals surface area contributed by atoms with Crippen LogP contribution in [0.1, 0.15) is 6.92 Å². The monoisotopic (exact) mass is 412 g/mol. The van der Waals surface area contributed by atoms with Gasteiger partial charge in [-0.15, -0.1) is 24.0 Å². The quantitative estimate of drug-likeness (QED) is 0.273. The van der Waals surface area contributed by atoms with Gasteiger partial charge >= 0.3 is 6.18 Å². The molecule has 20 heavy (non-hydrogen) atoms. The largest absolute Gasteiger partial charge is 0.401 e. The fraction of sp³-hybridized carbons (Fsp3) is 0.909. The number of hydrogen-bond donors (Lipinski definition) is 2. The number of guanidine groups is 1. The van der Waals surface area contributed by atoms with Crippen molar-refractivity contribution in [1.29, 1.82) is 0 Å². The maximum Gasteiger partial charge on any atom is 0.401 e. The fourth-order valence-electron chi connectivity index (χ4n) is 1.33. The molecule has 0 rings (SSSR count). The number of nitrogens with one attached hydrogen (secondary N) is 2. The van der Waals surface area contributed by atoms with Gasteiger partial charge in [-0.2, -0.15) is 13.2 Å². The molecule has 0 aromatic rings. The van der Waals surface area contributed by atoms with E-state index in [-0.39, 0.29) is 30.5 Å². The van der Waals surface area contributed by atoms with E-state index >= 15 is 0 Å². The number of aliphatic imine (C=N–C) groups is 1. The lowest BCUT2D eigenvalue weighted by Crippen LogP contribution is -2.39. The summed E-state index contributed by atoms with van der Waals surface area (Å²) in [6, 6.07) is 0. The zero-order valence-corrected chi connectivity index (χ0v) is 14.4. The maximum atomic E-state index is 12.1. The molecule has 0 unspecified atom stereocenters. The van der Waals surface area contributed by atoms with Crippen molar-refractivity contribution < 1.29 is 17.9 Å². The minimum absolute atomic E-state index is 0. The van der Waals surface area contributed by atoms with Crippen LogP contribution in [-0.4, -0.2) is 70.5 Å². The number of likely N-dealkylation sites (N-methyl/N-ethyl adjacent to an activating group) is 1. The number of hydrogen-bond acceptors (Lipinski definition) is 3. The van der Waals surface area contributed by atoms with Gasteiger partial charge in [0.15, 0.2) is 5.96 Å². The Hall–Kier alpha value is -0.290. The predicted octanol–water partition coefficient (Wildman–Crippen LogP) is 1.30. The first-order valence-corrected chi connectivity index (χ1v) is 6.15. The molecule has 9 heteroatoms. The first kappa shape index (κ1) is 22.0. The van der Waals surface area contributed by atoms with Gasteiger partial charge in [0.05, 0.1) is 19.7 Å². The van der Waals surface area contributed by atoms with E-state index in [1.807, 2.05) is 6.92 Å². The number of ether oxygens (including phenoxy) is 1. The van der Waals surface area contributed by atoms with Gasteiger partial charge in [0.2, 0.25) is 0 Å². The molecule has 0 aromatic carbocycles. The fourth-order valence-corrected chi connectivity index (χ4v) is 1.33. The van der Waals surface area contributed by atoms with Gasteiger partial charge in [0, 0.05) is 26.7 Å². The summed E-state index contributed by atoms with van der Waals surface area (Å²) in [6.45, 7) is 3.38. The van der Waals surface area contributed by atoms with E-state index in [2.05, 4.69) is 15.6 Å². The van der Waals surface area contributed by atoms with Crippen LogP contribution in [0.25, 0.3) is 0 Å². The average molecular weight is 412 g/mol. The summed E-state index contributed by atoms with van der Waals surface area (Å²) >= 11 is 0. The Morgan fingerprint density at radius 2 is 1.95 bits per heavy atom. The van der Waals surface area contributed by atoms with E-state index in [0.717, 1.165) is 0 Å². The Bertz CT molecular complexity index is 265. The molecular weight excluding hydrogens is 388 g/mol. The highest BCUT2D eigenvalue weighted by Gasteiger charge is 2.28. The molecule has 0 aliphatic heterocycles. The third-order valence-electron chi connectivity index (χ3n) is 2.14. The van der Waals surface area contributed by atoms with Crippen LogP contribution in [0, 0.1) is 0 Å². The molecule has 0 spiro atoms. The van der Waals surface area contributed by atoms with Gasteiger partial charge in [-0.3, -0.25) is 9.89 Å². The molecule has 0 radical (unpaired) electrons. The minimum atomic E-state index is -4.17. The molecule has 0 saturated heterocycles. The average Bonchev–Trinajstić information content (AvgIpc) is 2.27. The van der Waals surface area contributed by atoms with Crippen molar-refractivity contribution >= 4 is 29.9 Å². The van der Waals surface area contributed by atoms with E-state index in [9.17, 15) is 13.2 Å². The van der Waals surface area contributed by atoms with Gasteiger partial charge in [-0.25, -0.2) is 0 Å². The second-order valence-electron chi connectivity index (χ2n) is 4.03. The summed E-state index contributed by atoms with van der Waals surface area (Å²) in [7, 11) is 3.02. The zero-order valence-electron chi connectivity index (χ0n) is 12.1. The second-order valence-corrected chi connectivity index (χ2v) is 4.03. The highest BCUT2D eigenvalue weighted by atomic mass is 127. The zero-order chi connectivity index (χ0) is 14.7. The van der Waals surface area contributed by atoms with Crippen LogP contribution in [0.15, 0.2) is 4.99 Å². The molecule has 0 atom stereocenters. The van der Waals surface area contributed by atoms with Crippen molar-refractivity contribution in [3.63, 3.8) is 0 Å². The summed E-state index contributed by atoms with van der Waals surface area (Å²) in [4.78, 5) is 5.38. The number of nitrogens with zero attached hydrogens (tertiary/aromatic N) is 2. The van der Waals surface area contributed by atoms with Gasteiger partial charge in [0.1, 0.15) is 0 Å². The number of methoxy groups -OCH3 is 1. The normalized spacial score (nSPS) is 12.2. The number of halogens is 4. The predicted molar refractivity (Wildman–Crippen MR) is 84.8 cm³/mol. The van der Waals surface area contributed by atoms with E-state index in [1.165, 1.54) is 11.9 Å². The summed E-state index contributed by atoms with van der Waals surface area (Å²) in [5, 5.41) is 6.02. The topological polar surface area (TPSA) is 48.9 Å². The second kappa shape index (κ2) is 12.5. The summed E-state index contributed by atoms with van der Waals surface area (Å²) in [6.07, 6.45) is -4.17. The first-order chi connectivity index (χ1) is 8.89. The summed E-state index contributed by atoms with van der Waals surface area (Å²) in [5.74, 6) is 0.583. The third kappa shape index (κ3) is 14.1. The Morgan fingerprint density at radius 1 is 1.30 bits per heavy atom. The van der Waals surface area contributed by atoms with Crippen molar-refractivity contribution in [1.82, 2.24) is 15.5 Å². The minimum Gasteiger partial charge on any atom is -0.383 e. The highest BCUT2D eigenvalue weighted by molar-refractivity contribution is 14.0. The van der Waals surface area contributed by atoms with Crippen molar-refractivity contribution in [2.45, 2.75) is 13.1 Å². The first-order valence-electron chi connectivity index (χ1n) is 6.15. The van der Waals surface area contributed by atoms with Crippen molar-refractivity contribution in [3.8, 4) is 0 Å². The van der Waals surface area contributed by atoms with Crippen LogP contribution in [0.4, 0.5) is 13.2 Å². The van der Waals surface area contributed by atoms with Gasteiger partial charge in [0.25, 0.3) is 0 Å².